The van der Waals surface area contributed by atoms with Crippen LogP contribution in [0.5, 0.6) is 0 Å². The number of benzene rings is 1. The summed E-state index contributed by atoms with van der Waals surface area (Å²) in [5.74, 6) is 1.88. The lowest BCUT2D eigenvalue weighted by molar-refractivity contribution is -0.0340. The first-order chi connectivity index (χ1) is 10.1. The third kappa shape index (κ3) is 4.70. The molecule has 2 rings (SSSR count). The molecule has 0 amide bonds. The topological polar surface area (TPSA) is 21.3 Å². The molecule has 0 spiro atoms. The van der Waals surface area contributed by atoms with Crippen molar-refractivity contribution in [2.24, 2.45) is 17.8 Å². The van der Waals surface area contributed by atoms with Gasteiger partial charge in [-0.25, -0.2) is 4.39 Å². The molecule has 1 saturated carbocycles. The van der Waals surface area contributed by atoms with Crippen LogP contribution in [0.2, 0.25) is 0 Å². The van der Waals surface area contributed by atoms with E-state index >= 15 is 0 Å². The van der Waals surface area contributed by atoms with E-state index in [1.165, 1.54) is 18.9 Å². The highest BCUT2D eigenvalue weighted by molar-refractivity contribution is 5.44. The number of hydrogen-bond donors (Lipinski definition) is 1. The van der Waals surface area contributed by atoms with Crippen LogP contribution in [-0.2, 0) is 4.74 Å². The molecule has 1 fully saturated rings. The Labute approximate surface area is 128 Å². The van der Waals surface area contributed by atoms with Gasteiger partial charge in [-0.15, -0.1) is 0 Å². The summed E-state index contributed by atoms with van der Waals surface area (Å²) >= 11 is 0. The highest BCUT2D eigenvalue weighted by Crippen LogP contribution is 2.35. The summed E-state index contributed by atoms with van der Waals surface area (Å²) in [5.41, 5.74) is 0.554. The predicted octanol–water partition coefficient (Wildman–Crippen LogP) is 4.72. The van der Waals surface area contributed by atoms with Gasteiger partial charge in [-0.2, -0.15) is 0 Å². The van der Waals surface area contributed by atoms with Gasteiger partial charge in [0.2, 0.25) is 0 Å². The molecule has 1 aliphatic carbocycles. The summed E-state index contributed by atoms with van der Waals surface area (Å²) in [7, 11) is 0. The highest BCUT2D eigenvalue weighted by atomic mass is 19.1. The van der Waals surface area contributed by atoms with Gasteiger partial charge in [0.1, 0.15) is 5.82 Å². The zero-order chi connectivity index (χ0) is 15.2. The Morgan fingerprint density at radius 2 is 2.05 bits per heavy atom. The number of anilines is 1. The zero-order valence-electron chi connectivity index (χ0n) is 13.4. The lowest BCUT2D eigenvalue weighted by Crippen LogP contribution is -2.35. The maximum absolute atomic E-state index is 13.5. The minimum absolute atomic E-state index is 0.205. The average Bonchev–Trinajstić information content (AvgIpc) is 2.45. The summed E-state index contributed by atoms with van der Waals surface area (Å²) in [6.45, 7) is 8.17. The van der Waals surface area contributed by atoms with Crippen molar-refractivity contribution in [3.05, 3.63) is 30.1 Å². The lowest BCUT2D eigenvalue weighted by Gasteiger charge is -2.37. The second kappa shape index (κ2) is 7.79. The molecular weight excluding hydrogens is 265 g/mol. The Morgan fingerprint density at radius 1 is 1.29 bits per heavy atom. The van der Waals surface area contributed by atoms with Crippen LogP contribution in [0.3, 0.4) is 0 Å². The molecule has 0 aromatic heterocycles. The standard InChI is InChI=1S/C18H28FNO/c1-13(2)15-9-8-14(3)12-18(15)21-11-10-20-17-7-5-4-6-16(17)19/h4-7,13-15,18,20H,8-12H2,1-3H3. The SMILES string of the molecule is CC1CCC(C(C)C)C(OCCNc2ccccc2F)C1. The van der Waals surface area contributed by atoms with Crippen molar-refractivity contribution in [3.63, 3.8) is 0 Å². The molecule has 0 heterocycles. The van der Waals surface area contributed by atoms with Gasteiger partial charge in [-0.05, 0) is 42.7 Å². The summed E-state index contributed by atoms with van der Waals surface area (Å²) in [4.78, 5) is 0. The van der Waals surface area contributed by atoms with E-state index in [2.05, 4.69) is 26.1 Å². The van der Waals surface area contributed by atoms with E-state index in [1.54, 1.807) is 12.1 Å². The normalized spacial score (nSPS) is 26.0. The quantitative estimate of drug-likeness (QED) is 0.767. The van der Waals surface area contributed by atoms with Gasteiger partial charge in [0, 0.05) is 6.54 Å². The van der Waals surface area contributed by atoms with Crippen LogP contribution in [0.25, 0.3) is 0 Å². The molecule has 2 nitrogen and oxygen atoms in total. The summed E-state index contributed by atoms with van der Waals surface area (Å²) in [6.07, 6.45) is 4.10. The van der Waals surface area contributed by atoms with E-state index in [1.807, 2.05) is 6.07 Å². The van der Waals surface area contributed by atoms with E-state index in [0.29, 0.717) is 36.8 Å². The van der Waals surface area contributed by atoms with Gasteiger partial charge in [-0.1, -0.05) is 39.3 Å². The summed E-state index contributed by atoms with van der Waals surface area (Å²) in [5, 5.41) is 3.11. The second-order valence-corrected chi connectivity index (χ2v) is 6.64. The van der Waals surface area contributed by atoms with Gasteiger partial charge in [0.15, 0.2) is 0 Å². The van der Waals surface area contributed by atoms with Crippen molar-refractivity contribution >= 4 is 5.69 Å². The van der Waals surface area contributed by atoms with Crippen LogP contribution in [0.1, 0.15) is 40.0 Å². The predicted molar refractivity (Wildman–Crippen MR) is 86.0 cm³/mol. The molecule has 3 atom stereocenters. The van der Waals surface area contributed by atoms with Gasteiger partial charge in [0.05, 0.1) is 18.4 Å². The van der Waals surface area contributed by atoms with Crippen molar-refractivity contribution in [1.82, 2.24) is 0 Å². The fraction of sp³-hybridized carbons (Fsp3) is 0.667. The van der Waals surface area contributed by atoms with Gasteiger partial charge < -0.3 is 10.1 Å². The Kier molecular flexibility index (Phi) is 6.04. The maximum Gasteiger partial charge on any atom is 0.146 e. The second-order valence-electron chi connectivity index (χ2n) is 6.64. The molecule has 3 heteroatoms. The first kappa shape index (κ1) is 16.3. The third-order valence-corrected chi connectivity index (χ3v) is 4.58. The van der Waals surface area contributed by atoms with Crippen LogP contribution in [0.15, 0.2) is 24.3 Å². The fourth-order valence-corrected chi connectivity index (χ4v) is 3.31. The molecule has 0 radical (unpaired) electrons. The van der Waals surface area contributed by atoms with Crippen molar-refractivity contribution in [2.75, 3.05) is 18.5 Å². The van der Waals surface area contributed by atoms with Gasteiger partial charge >= 0.3 is 0 Å². The van der Waals surface area contributed by atoms with Crippen LogP contribution in [0.4, 0.5) is 10.1 Å². The molecule has 0 bridgehead atoms. The van der Waals surface area contributed by atoms with E-state index in [9.17, 15) is 4.39 Å². The van der Waals surface area contributed by atoms with Crippen LogP contribution >= 0.6 is 0 Å². The largest absolute Gasteiger partial charge is 0.380 e. The van der Waals surface area contributed by atoms with Crippen molar-refractivity contribution in [2.45, 2.75) is 46.1 Å². The minimum Gasteiger partial charge on any atom is -0.380 e. The smallest absolute Gasteiger partial charge is 0.146 e. The first-order valence-corrected chi connectivity index (χ1v) is 8.18. The maximum atomic E-state index is 13.5. The Hall–Kier alpha value is -1.09. The Balaban J connectivity index is 1.77. The first-order valence-electron chi connectivity index (χ1n) is 8.18. The number of ether oxygens (including phenoxy) is 1. The third-order valence-electron chi connectivity index (χ3n) is 4.58. The average molecular weight is 293 g/mol. The molecule has 21 heavy (non-hydrogen) atoms. The monoisotopic (exact) mass is 293 g/mol. The van der Waals surface area contributed by atoms with Gasteiger partial charge in [-0.3, -0.25) is 0 Å². The summed E-state index contributed by atoms with van der Waals surface area (Å²) in [6, 6.07) is 6.77. The molecule has 0 aliphatic heterocycles. The van der Waals surface area contributed by atoms with E-state index < -0.39 is 0 Å². The molecule has 1 aromatic rings. The minimum atomic E-state index is -0.205. The van der Waals surface area contributed by atoms with Crippen LogP contribution in [0, 0.1) is 23.6 Å². The van der Waals surface area contributed by atoms with Crippen molar-refractivity contribution < 1.29 is 9.13 Å². The van der Waals surface area contributed by atoms with E-state index in [4.69, 9.17) is 4.74 Å². The molecule has 3 unspecified atom stereocenters. The number of halogens is 1. The molecular formula is C18H28FNO. The van der Waals surface area contributed by atoms with Crippen LogP contribution < -0.4 is 5.32 Å². The zero-order valence-corrected chi connectivity index (χ0v) is 13.4. The van der Waals surface area contributed by atoms with Crippen molar-refractivity contribution in [1.29, 1.82) is 0 Å². The van der Waals surface area contributed by atoms with E-state index in [-0.39, 0.29) is 5.82 Å². The number of rotatable bonds is 6. The van der Waals surface area contributed by atoms with Crippen molar-refractivity contribution in [3.8, 4) is 0 Å². The molecule has 0 saturated heterocycles. The number of para-hydroxylation sites is 1. The van der Waals surface area contributed by atoms with Crippen LogP contribution in [-0.4, -0.2) is 19.3 Å². The van der Waals surface area contributed by atoms with E-state index in [0.717, 1.165) is 12.3 Å². The summed E-state index contributed by atoms with van der Waals surface area (Å²) < 4.78 is 19.6. The molecule has 118 valence electrons. The Morgan fingerprint density at radius 3 is 2.76 bits per heavy atom. The number of hydrogen-bond acceptors (Lipinski definition) is 2. The molecule has 1 aliphatic rings. The molecule has 1 N–H and O–H groups in total. The highest BCUT2D eigenvalue weighted by Gasteiger charge is 2.31. The molecule has 1 aromatic carbocycles. The lowest BCUT2D eigenvalue weighted by atomic mass is 9.75. The Bertz CT molecular complexity index is 435. The number of nitrogens with one attached hydrogen (secondary N) is 1. The van der Waals surface area contributed by atoms with Gasteiger partial charge in [0.25, 0.3) is 0 Å². The fourth-order valence-electron chi connectivity index (χ4n) is 3.31.